The van der Waals surface area contributed by atoms with Crippen molar-refractivity contribution in [1.82, 2.24) is 19.9 Å². The molecule has 1 aromatic carbocycles. The lowest BCUT2D eigenvalue weighted by Gasteiger charge is -2.25. The summed E-state index contributed by atoms with van der Waals surface area (Å²) in [6.07, 6.45) is 2.13. The summed E-state index contributed by atoms with van der Waals surface area (Å²) in [4.78, 5) is 44.0. The standard InChI is InChI=1S/C28H34N4O9S/c1-5-18-14-28(18,25(34)31-42(37,38)41-27(9-10-27)16(2)3)30-23(33)22-13-20(15-32(22)26(35)36)40-24-21-7-6-19(39-4)12-17(21)8-11-29-24/h5-8,11-12,16,18,20,22H,1,9-10,13-15H2,2-4H3,(H,30,33)(H,31,34)(H,35,36). The van der Waals surface area contributed by atoms with E-state index in [0.29, 0.717) is 24.0 Å². The van der Waals surface area contributed by atoms with Crippen LogP contribution in [-0.2, 0) is 24.1 Å². The first-order valence-electron chi connectivity index (χ1n) is 13.6. The minimum atomic E-state index is -4.47. The second-order valence-electron chi connectivity index (χ2n) is 11.3. The maximum atomic E-state index is 13.5. The average Bonchev–Trinajstić information content (AvgIpc) is 3.82. The molecule has 42 heavy (non-hydrogen) atoms. The van der Waals surface area contributed by atoms with Crippen molar-refractivity contribution < 1.29 is 41.6 Å². The fourth-order valence-electron chi connectivity index (χ4n) is 5.51. The molecule has 0 radical (unpaired) electrons. The molecular formula is C28H34N4O9S. The number of hydrogen-bond acceptors (Lipinski definition) is 9. The van der Waals surface area contributed by atoms with Crippen molar-refractivity contribution >= 4 is 39.0 Å². The Morgan fingerprint density at radius 1 is 1.24 bits per heavy atom. The number of aromatic nitrogens is 1. The van der Waals surface area contributed by atoms with Gasteiger partial charge in [0.15, 0.2) is 0 Å². The summed E-state index contributed by atoms with van der Waals surface area (Å²) in [6, 6.07) is 5.93. The molecule has 4 unspecified atom stereocenters. The van der Waals surface area contributed by atoms with Crippen molar-refractivity contribution in [2.75, 3.05) is 13.7 Å². The minimum Gasteiger partial charge on any atom is -0.497 e. The molecule has 2 heterocycles. The molecule has 3 N–H and O–H groups in total. The third kappa shape index (κ3) is 5.60. The third-order valence-electron chi connectivity index (χ3n) is 8.36. The van der Waals surface area contributed by atoms with Crippen LogP contribution in [-0.4, -0.2) is 78.3 Å². The molecule has 226 valence electrons. The molecule has 4 atom stereocenters. The van der Waals surface area contributed by atoms with Gasteiger partial charge >= 0.3 is 16.4 Å². The lowest BCUT2D eigenvalue weighted by Crippen LogP contribution is -2.56. The predicted octanol–water partition coefficient (Wildman–Crippen LogP) is 2.37. The van der Waals surface area contributed by atoms with Crippen molar-refractivity contribution in [3.05, 3.63) is 43.1 Å². The molecule has 2 saturated carbocycles. The molecule has 5 rings (SSSR count). The smallest absolute Gasteiger partial charge is 0.408 e. The van der Waals surface area contributed by atoms with E-state index in [1.54, 1.807) is 31.5 Å². The number of likely N-dealkylation sites (tertiary alicyclic amines) is 1. The third-order valence-corrected chi connectivity index (χ3v) is 9.35. The summed E-state index contributed by atoms with van der Waals surface area (Å²) in [5.41, 5.74) is -2.46. The molecule has 1 saturated heterocycles. The zero-order valence-corrected chi connectivity index (χ0v) is 24.3. The lowest BCUT2D eigenvalue weighted by atomic mass is 10.1. The zero-order valence-electron chi connectivity index (χ0n) is 23.5. The van der Waals surface area contributed by atoms with Crippen LogP contribution in [0.25, 0.3) is 10.8 Å². The van der Waals surface area contributed by atoms with Crippen molar-refractivity contribution in [1.29, 1.82) is 0 Å². The van der Waals surface area contributed by atoms with Crippen LogP contribution in [0.2, 0.25) is 0 Å². The highest BCUT2D eigenvalue weighted by Gasteiger charge is 2.62. The van der Waals surface area contributed by atoms with Crippen LogP contribution in [0.4, 0.5) is 4.79 Å². The molecule has 3 fully saturated rings. The molecule has 2 aromatic rings. The van der Waals surface area contributed by atoms with Crippen LogP contribution < -0.4 is 19.5 Å². The molecule has 3 aliphatic rings. The van der Waals surface area contributed by atoms with E-state index in [0.717, 1.165) is 10.3 Å². The monoisotopic (exact) mass is 602 g/mol. The van der Waals surface area contributed by atoms with E-state index in [-0.39, 0.29) is 31.2 Å². The molecule has 3 amide bonds. The number of pyridine rings is 1. The summed E-state index contributed by atoms with van der Waals surface area (Å²) >= 11 is 0. The fourth-order valence-corrected chi connectivity index (χ4v) is 6.76. The number of nitrogens with zero attached hydrogens (tertiary/aromatic N) is 2. The van der Waals surface area contributed by atoms with Gasteiger partial charge in [0.25, 0.3) is 5.91 Å². The SMILES string of the molecule is C=CC1CC1(NC(=O)C1CC(Oc2nccc3cc(OC)ccc23)CN1C(=O)O)C(=O)NS(=O)(=O)OC1(C(C)C)CC1. The molecular weight excluding hydrogens is 568 g/mol. The Morgan fingerprint density at radius 2 is 1.98 bits per heavy atom. The van der Waals surface area contributed by atoms with Gasteiger partial charge in [0.1, 0.15) is 23.4 Å². The number of fused-ring (bicyclic) bond motifs is 1. The largest absolute Gasteiger partial charge is 0.497 e. The molecule has 1 aromatic heterocycles. The van der Waals surface area contributed by atoms with Gasteiger partial charge in [-0.3, -0.25) is 14.5 Å². The normalized spacial score (nSPS) is 26.0. The summed E-state index contributed by atoms with van der Waals surface area (Å²) in [7, 11) is -2.91. The number of carboxylic acid groups (broad SMARTS) is 1. The number of nitrogens with one attached hydrogen (secondary N) is 2. The van der Waals surface area contributed by atoms with Crippen LogP contribution in [0.3, 0.4) is 0 Å². The predicted molar refractivity (Wildman–Crippen MR) is 150 cm³/mol. The number of amides is 3. The maximum absolute atomic E-state index is 13.5. The van der Waals surface area contributed by atoms with Crippen LogP contribution >= 0.6 is 0 Å². The second-order valence-corrected chi connectivity index (χ2v) is 12.6. The molecule has 13 nitrogen and oxygen atoms in total. The topological polar surface area (TPSA) is 173 Å². The van der Waals surface area contributed by atoms with Gasteiger partial charge in [-0.15, -0.1) is 6.58 Å². The van der Waals surface area contributed by atoms with E-state index in [1.807, 2.05) is 24.6 Å². The van der Waals surface area contributed by atoms with E-state index in [4.69, 9.17) is 13.7 Å². The summed E-state index contributed by atoms with van der Waals surface area (Å²) < 4.78 is 44.0. The Kier molecular flexibility index (Phi) is 7.56. The van der Waals surface area contributed by atoms with Crippen LogP contribution in [0.15, 0.2) is 43.1 Å². The van der Waals surface area contributed by atoms with E-state index in [9.17, 15) is 27.9 Å². The van der Waals surface area contributed by atoms with Gasteiger partial charge in [0.05, 0.1) is 19.3 Å². The number of carbonyl (C=O) groups excluding carboxylic acids is 2. The molecule has 14 heteroatoms. The van der Waals surface area contributed by atoms with Gasteiger partial charge in [0, 0.05) is 23.9 Å². The van der Waals surface area contributed by atoms with Crippen molar-refractivity contribution in [3.63, 3.8) is 0 Å². The molecule has 1 aliphatic heterocycles. The number of carbonyl (C=O) groups is 3. The Morgan fingerprint density at radius 3 is 2.57 bits per heavy atom. The van der Waals surface area contributed by atoms with Crippen LogP contribution in [0, 0.1) is 11.8 Å². The number of methoxy groups -OCH3 is 1. The second kappa shape index (κ2) is 10.7. The molecule has 0 spiro atoms. The van der Waals surface area contributed by atoms with Gasteiger partial charge < -0.3 is 19.9 Å². The van der Waals surface area contributed by atoms with Crippen LogP contribution in [0.1, 0.15) is 39.5 Å². The van der Waals surface area contributed by atoms with Crippen molar-refractivity contribution in [2.45, 2.75) is 62.8 Å². The highest BCUT2D eigenvalue weighted by Crippen LogP contribution is 2.48. The summed E-state index contributed by atoms with van der Waals surface area (Å²) in [5.74, 6) is -1.43. The first-order valence-corrected chi connectivity index (χ1v) is 15.1. The number of benzene rings is 1. The van der Waals surface area contributed by atoms with Crippen molar-refractivity contribution in [2.24, 2.45) is 11.8 Å². The molecule has 2 aliphatic carbocycles. The van der Waals surface area contributed by atoms with E-state index in [1.165, 1.54) is 6.08 Å². The zero-order chi connectivity index (χ0) is 30.4. The van der Waals surface area contributed by atoms with Gasteiger partial charge in [-0.1, -0.05) is 19.9 Å². The van der Waals surface area contributed by atoms with E-state index >= 15 is 0 Å². The maximum Gasteiger partial charge on any atom is 0.408 e. The Balaban J connectivity index is 1.30. The fraction of sp³-hybridized carbons (Fsp3) is 0.500. The molecule has 0 bridgehead atoms. The van der Waals surface area contributed by atoms with Gasteiger partial charge in [-0.2, -0.15) is 8.42 Å². The van der Waals surface area contributed by atoms with Crippen molar-refractivity contribution in [3.8, 4) is 11.6 Å². The van der Waals surface area contributed by atoms with Crippen LogP contribution in [0.5, 0.6) is 11.6 Å². The van der Waals surface area contributed by atoms with E-state index in [2.05, 4.69) is 16.9 Å². The number of ether oxygens (including phenoxy) is 2. The first kappa shape index (κ1) is 29.6. The number of hydrogen-bond donors (Lipinski definition) is 3. The summed E-state index contributed by atoms with van der Waals surface area (Å²) in [5, 5.41) is 14.0. The van der Waals surface area contributed by atoms with Gasteiger partial charge in [0.2, 0.25) is 11.8 Å². The van der Waals surface area contributed by atoms with Gasteiger partial charge in [-0.25, -0.2) is 18.7 Å². The Hall–Kier alpha value is -3.91. The highest BCUT2D eigenvalue weighted by atomic mass is 32.2. The number of rotatable bonds is 11. The Labute approximate surface area is 243 Å². The minimum absolute atomic E-state index is 0.0128. The highest BCUT2D eigenvalue weighted by molar-refractivity contribution is 7.85. The average molecular weight is 603 g/mol. The quantitative estimate of drug-likeness (QED) is 0.324. The Bertz CT molecular complexity index is 1540. The van der Waals surface area contributed by atoms with E-state index < -0.39 is 57.4 Å². The van der Waals surface area contributed by atoms with Gasteiger partial charge in [-0.05, 0) is 54.8 Å². The first-order chi connectivity index (χ1) is 19.8. The summed E-state index contributed by atoms with van der Waals surface area (Å²) in [6.45, 7) is 7.23. The lowest BCUT2D eigenvalue weighted by molar-refractivity contribution is -0.131.